The van der Waals surface area contributed by atoms with Gasteiger partial charge in [-0.2, -0.15) is 0 Å². The van der Waals surface area contributed by atoms with Gasteiger partial charge in [0.2, 0.25) is 11.4 Å². The molecule has 10 nitrogen and oxygen atoms in total. The Hall–Kier alpha value is -4.60. The van der Waals surface area contributed by atoms with Crippen LogP contribution < -0.4 is 19.8 Å². The average molecular weight is 444 g/mol. The Bertz CT molecular complexity index is 1610. The molecule has 0 atom stereocenters. The van der Waals surface area contributed by atoms with E-state index in [2.05, 4.69) is 29.9 Å². The van der Waals surface area contributed by atoms with E-state index >= 15 is 0 Å². The highest BCUT2D eigenvalue weighted by molar-refractivity contribution is 6.06. The van der Waals surface area contributed by atoms with Crippen molar-refractivity contribution in [1.82, 2.24) is 29.9 Å². The van der Waals surface area contributed by atoms with Crippen molar-refractivity contribution in [1.29, 1.82) is 0 Å². The van der Waals surface area contributed by atoms with Crippen LogP contribution in [-0.4, -0.2) is 51.2 Å². The number of pyridine rings is 4. The summed E-state index contributed by atoms with van der Waals surface area (Å²) in [5.74, 6) is 1.99. The third kappa shape index (κ3) is 3.67. The summed E-state index contributed by atoms with van der Waals surface area (Å²) >= 11 is 0. The van der Waals surface area contributed by atoms with E-state index in [0.29, 0.717) is 11.6 Å². The molecule has 0 bridgehead atoms. The number of rotatable bonds is 3. The first kappa shape index (κ1) is 20.3. The molecule has 0 aliphatic heterocycles. The molecule has 6 heterocycles. The number of aromatic nitrogens is 6. The van der Waals surface area contributed by atoms with E-state index in [1.54, 1.807) is 52.2 Å². The van der Waals surface area contributed by atoms with Crippen molar-refractivity contribution in [2.75, 3.05) is 21.3 Å². The molecule has 0 fully saturated rings. The second kappa shape index (κ2) is 8.15. The molecule has 0 unspecified atom stereocenters. The van der Waals surface area contributed by atoms with Crippen LogP contribution in [0.15, 0.2) is 53.8 Å². The fourth-order valence-electron chi connectivity index (χ4n) is 3.65. The number of aromatic amines is 3. The molecule has 0 aliphatic carbocycles. The van der Waals surface area contributed by atoms with Crippen molar-refractivity contribution in [3.05, 3.63) is 59.4 Å². The lowest BCUT2D eigenvalue weighted by Crippen LogP contribution is -2.00. The van der Waals surface area contributed by atoms with Crippen molar-refractivity contribution in [3.8, 4) is 17.4 Å². The Labute approximate surface area is 186 Å². The van der Waals surface area contributed by atoms with Gasteiger partial charge in [-0.05, 0) is 12.1 Å². The molecular formula is C23H20N6O4. The molecule has 0 spiro atoms. The van der Waals surface area contributed by atoms with Gasteiger partial charge < -0.3 is 29.2 Å². The third-order valence-electron chi connectivity index (χ3n) is 5.30. The molecular weight excluding hydrogens is 424 g/mol. The molecule has 0 saturated carbocycles. The minimum absolute atomic E-state index is 0.129. The largest absolute Gasteiger partial charge is 0.495 e. The van der Waals surface area contributed by atoms with Gasteiger partial charge in [-0.25, -0.2) is 15.0 Å². The molecule has 0 saturated heterocycles. The second-order valence-corrected chi connectivity index (χ2v) is 7.19. The zero-order valence-electron chi connectivity index (χ0n) is 18.1. The summed E-state index contributed by atoms with van der Waals surface area (Å²) in [5.41, 5.74) is 3.22. The molecule has 0 aromatic carbocycles. The van der Waals surface area contributed by atoms with Crippen LogP contribution in [0, 0.1) is 0 Å². The van der Waals surface area contributed by atoms with Crippen LogP contribution in [-0.2, 0) is 0 Å². The van der Waals surface area contributed by atoms with Gasteiger partial charge in [-0.1, -0.05) is 0 Å². The summed E-state index contributed by atoms with van der Waals surface area (Å²) < 4.78 is 15.4. The van der Waals surface area contributed by atoms with Gasteiger partial charge >= 0.3 is 0 Å². The molecule has 3 N–H and O–H groups in total. The molecule has 0 amide bonds. The number of ether oxygens (including phenoxy) is 3. The zero-order chi connectivity index (χ0) is 22.9. The van der Waals surface area contributed by atoms with Crippen LogP contribution in [0.3, 0.4) is 0 Å². The molecule has 166 valence electrons. The van der Waals surface area contributed by atoms with Gasteiger partial charge in [0, 0.05) is 39.9 Å². The Morgan fingerprint density at radius 2 is 1.27 bits per heavy atom. The molecule has 33 heavy (non-hydrogen) atoms. The SMILES string of the molecule is COc1cnc2[nH]c3c[nH]c(=O)cc3c2c1.COc1cnc2[nH]c3cnc(OC)cc3c2c1. The third-order valence-corrected chi connectivity index (χ3v) is 5.30. The van der Waals surface area contributed by atoms with Gasteiger partial charge in [-0.3, -0.25) is 4.79 Å². The summed E-state index contributed by atoms with van der Waals surface area (Å²) in [4.78, 5) is 32.9. The molecule has 6 aromatic rings. The Morgan fingerprint density at radius 3 is 1.88 bits per heavy atom. The summed E-state index contributed by atoms with van der Waals surface area (Å²) in [6.07, 6.45) is 6.70. The van der Waals surface area contributed by atoms with E-state index in [4.69, 9.17) is 14.2 Å². The summed E-state index contributed by atoms with van der Waals surface area (Å²) in [7, 11) is 4.81. The van der Waals surface area contributed by atoms with E-state index < -0.39 is 0 Å². The van der Waals surface area contributed by atoms with Gasteiger partial charge in [-0.15, -0.1) is 0 Å². The van der Waals surface area contributed by atoms with Gasteiger partial charge in [0.25, 0.3) is 0 Å². The molecule has 6 aromatic heterocycles. The predicted molar refractivity (Wildman–Crippen MR) is 125 cm³/mol. The first-order valence-electron chi connectivity index (χ1n) is 9.99. The fourth-order valence-corrected chi connectivity index (χ4v) is 3.65. The number of hydrogen-bond acceptors (Lipinski definition) is 7. The highest BCUT2D eigenvalue weighted by Gasteiger charge is 2.09. The topological polar surface area (TPSA) is 131 Å². The first-order valence-corrected chi connectivity index (χ1v) is 9.99. The normalized spacial score (nSPS) is 11.0. The smallest absolute Gasteiger partial charge is 0.248 e. The van der Waals surface area contributed by atoms with E-state index in [0.717, 1.165) is 49.6 Å². The molecule has 0 aliphatic rings. The number of H-pyrrole nitrogens is 3. The van der Waals surface area contributed by atoms with E-state index in [-0.39, 0.29) is 5.56 Å². The van der Waals surface area contributed by atoms with Crippen LogP contribution in [0.2, 0.25) is 0 Å². The lowest BCUT2D eigenvalue weighted by molar-refractivity contribution is 0.399. The number of hydrogen-bond donors (Lipinski definition) is 3. The number of nitrogens with zero attached hydrogens (tertiary/aromatic N) is 3. The minimum atomic E-state index is -0.129. The monoisotopic (exact) mass is 444 g/mol. The average Bonchev–Trinajstić information content (AvgIpc) is 3.40. The zero-order valence-corrected chi connectivity index (χ0v) is 18.1. The van der Waals surface area contributed by atoms with Crippen LogP contribution in [0.4, 0.5) is 0 Å². The molecule has 6 rings (SSSR count). The predicted octanol–water partition coefficient (Wildman–Crippen LogP) is 3.54. The fraction of sp³-hybridized carbons (Fsp3) is 0.130. The van der Waals surface area contributed by atoms with Crippen molar-refractivity contribution in [3.63, 3.8) is 0 Å². The Morgan fingerprint density at radius 1 is 0.667 bits per heavy atom. The second-order valence-electron chi connectivity index (χ2n) is 7.19. The maximum atomic E-state index is 11.3. The Kier molecular flexibility index (Phi) is 5.02. The molecule has 0 radical (unpaired) electrons. The van der Waals surface area contributed by atoms with Gasteiger partial charge in [0.15, 0.2) is 0 Å². The number of methoxy groups -OCH3 is 3. The van der Waals surface area contributed by atoms with Crippen molar-refractivity contribution in [2.24, 2.45) is 0 Å². The van der Waals surface area contributed by atoms with Crippen LogP contribution in [0.1, 0.15) is 0 Å². The van der Waals surface area contributed by atoms with E-state index in [1.165, 1.54) is 0 Å². The lowest BCUT2D eigenvalue weighted by atomic mass is 10.2. The van der Waals surface area contributed by atoms with Crippen LogP contribution in [0.25, 0.3) is 43.9 Å². The van der Waals surface area contributed by atoms with Crippen molar-refractivity contribution < 1.29 is 14.2 Å². The lowest BCUT2D eigenvalue weighted by Gasteiger charge is -1.99. The van der Waals surface area contributed by atoms with Gasteiger partial charge in [0.1, 0.15) is 22.8 Å². The summed E-state index contributed by atoms with van der Waals surface area (Å²) in [5, 5.41) is 3.77. The maximum absolute atomic E-state index is 11.3. The maximum Gasteiger partial charge on any atom is 0.248 e. The minimum Gasteiger partial charge on any atom is -0.495 e. The number of nitrogens with one attached hydrogen (secondary N) is 3. The standard InChI is InChI=1S/C12H11N3O2.C11H9N3O2/c1-16-7-3-9-8-4-11(17-2)13-6-10(8)15-12(9)14-5-7;1-16-6-2-8-7-3-10(15)12-5-9(7)14-11(8)13-4-6/h3-6H,1-2H3,(H,14,15);2-5H,1H3,(H,12,15)(H,13,14). The Balaban J connectivity index is 0.000000139. The van der Waals surface area contributed by atoms with E-state index in [9.17, 15) is 4.79 Å². The quantitative estimate of drug-likeness (QED) is 0.380. The highest BCUT2D eigenvalue weighted by Crippen LogP contribution is 2.28. The highest BCUT2D eigenvalue weighted by atomic mass is 16.5. The van der Waals surface area contributed by atoms with Crippen LogP contribution in [0.5, 0.6) is 17.4 Å². The summed E-state index contributed by atoms with van der Waals surface area (Å²) in [6, 6.07) is 7.24. The first-order chi connectivity index (χ1) is 16.1. The van der Waals surface area contributed by atoms with E-state index in [1.807, 2.05) is 18.2 Å². The van der Waals surface area contributed by atoms with Crippen molar-refractivity contribution >= 4 is 43.9 Å². The molecule has 10 heteroatoms. The van der Waals surface area contributed by atoms with Gasteiger partial charge in [0.05, 0.1) is 51.0 Å². The van der Waals surface area contributed by atoms with Crippen molar-refractivity contribution in [2.45, 2.75) is 0 Å². The number of fused-ring (bicyclic) bond motifs is 6. The van der Waals surface area contributed by atoms with Crippen LogP contribution >= 0.6 is 0 Å². The summed E-state index contributed by atoms with van der Waals surface area (Å²) in [6.45, 7) is 0.